The van der Waals surface area contributed by atoms with Crippen LogP contribution < -0.4 is 15.8 Å². The molecule has 1 aromatic carbocycles. The second-order valence-corrected chi connectivity index (χ2v) is 3.35. The number of hydrogen-bond acceptors (Lipinski definition) is 4. The van der Waals surface area contributed by atoms with Crippen molar-refractivity contribution in [2.45, 2.75) is 0 Å². The van der Waals surface area contributed by atoms with E-state index in [1.54, 1.807) is 24.3 Å². The Balaban J connectivity index is 2.78. The summed E-state index contributed by atoms with van der Waals surface area (Å²) < 4.78 is 5.49. The molecule has 18 heavy (non-hydrogen) atoms. The number of rotatable bonds is 5. The van der Waals surface area contributed by atoms with Crippen LogP contribution in [0.25, 0.3) is 0 Å². The standard InChI is InChI=1S/C13H15N3O2/c1-16-13(17)7-6-12(8-9-14)18-11-4-2-10(15)3-5-11/h2-9,14H,15H2,1H3,(H,16,17)/b7-6+,12-8+,14-9?. The predicted molar refractivity (Wildman–Crippen MR) is 71.6 cm³/mol. The lowest BCUT2D eigenvalue weighted by molar-refractivity contribution is -0.116. The number of allylic oxidation sites excluding steroid dienone is 2. The molecule has 0 bridgehead atoms. The highest BCUT2D eigenvalue weighted by Gasteiger charge is 1.98. The molecule has 0 saturated heterocycles. The van der Waals surface area contributed by atoms with Crippen LogP contribution in [0, 0.1) is 5.41 Å². The van der Waals surface area contributed by atoms with E-state index in [0.29, 0.717) is 17.2 Å². The van der Waals surface area contributed by atoms with Gasteiger partial charge < -0.3 is 21.2 Å². The van der Waals surface area contributed by atoms with E-state index in [4.69, 9.17) is 15.9 Å². The highest BCUT2D eigenvalue weighted by molar-refractivity contribution is 5.87. The number of amides is 1. The molecule has 0 heterocycles. The predicted octanol–water partition coefficient (Wildman–Crippen LogP) is 1.48. The minimum absolute atomic E-state index is 0.244. The lowest BCUT2D eigenvalue weighted by Crippen LogP contribution is -2.14. The van der Waals surface area contributed by atoms with Crippen LogP contribution in [0.15, 0.2) is 48.3 Å². The Kier molecular flexibility index (Phi) is 5.18. The van der Waals surface area contributed by atoms with Gasteiger partial charge in [0.15, 0.2) is 0 Å². The molecule has 0 aliphatic heterocycles. The Morgan fingerprint density at radius 2 is 2.00 bits per heavy atom. The zero-order valence-corrected chi connectivity index (χ0v) is 10.0. The van der Waals surface area contributed by atoms with Crippen molar-refractivity contribution < 1.29 is 9.53 Å². The van der Waals surface area contributed by atoms with Gasteiger partial charge in [-0.1, -0.05) is 0 Å². The van der Waals surface area contributed by atoms with Crippen LogP contribution in [0.2, 0.25) is 0 Å². The fraction of sp³-hybridized carbons (Fsp3) is 0.0769. The van der Waals surface area contributed by atoms with Crippen LogP contribution in [0.3, 0.4) is 0 Å². The van der Waals surface area contributed by atoms with Crippen LogP contribution in [0.4, 0.5) is 5.69 Å². The summed E-state index contributed by atoms with van der Waals surface area (Å²) in [5.41, 5.74) is 6.20. The maximum atomic E-state index is 11.1. The second kappa shape index (κ2) is 6.90. The molecule has 1 rings (SSSR count). The number of anilines is 1. The first-order valence-corrected chi connectivity index (χ1v) is 5.29. The van der Waals surface area contributed by atoms with E-state index < -0.39 is 0 Å². The third kappa shape index (κ3) is 4.52. The fourth-order valence-electron chi connectivity index (χ4n) is 1.12. The number of nitrogens with two attached hydrogens (primary N) is 1. The summed E-state index contributed by atoms with van der Waals surface area (Å²) in [7, 11) is 1.54. The van der Waals surface area contributed by atoms with Crippen molar-refractivity contribution in [1.82, 2.24) is 5.32 Å². The molecule has 0 radical (unpaired) electrons. The third-order valence-corrected chi connectivity index (χ3v) is 2.01. The molecule has 0 saturated carbocycles. The van der Waals surface area contributed by atoms with Crippen molar-refractivity contribution >= 4 is 17.8 Å². The lowest BCUT2D eigenvalue weighted by Gasteiger charge is -2.06. The highest BCUT2D eigenvalue weighted by Crippen LogP contribution is 2.16. The first-order chi connectivity index (χ1) is 8.65. The van der Waals surface area contributed by atoms with Gasteiger partial charge in [-0.25, -0.2) is 0 Å². The summed E-state index contributed by atoms with van der Waals surface area (Å²) in [5, 5.41) is 9.48. The average Bonchev–Trinajstić information content (AvgIpc) is 2.38. The zero-order valence-electron chi connectivity index (χ0n) is 10.0. The van der Waals surface area contributed by atoms with Gasteiger partial charge in [0.05, 0.1) is 0 Å². The van der Waals surface area contributed by atoms with Crippen molar-refractivity contribution in [3.63, 3.8) is 0 Å². The topological polar surface area (TPSA) is 88.2 Å². The molecule has 5 nitrogen and oxygen atoms in total. The second-order valence-electron chi connectivity index (χ2n) is 3.35. The molecular formula is C13H15N3O2. The van der Waals surface area contributed by atoms with E-state index in [2.05, 4.69) is 5.32 Å². The summed E-state index contributed by atoms with van der Waals surface area (Å²) in [6.07, 6.45) is 5.34. The van der Waals surface area contributed by atoms with Crippen LogP contribution in [-0.4, -0.2) is 19.2 Å². The average molecular weight is 245 g/mol. The number of carbonyl (C=O) groups excluding carboxylic acids is 1. The van der Waals surface area contributed by atoms with Crippen molar-refractivity contribution in [1.29, 1.82) is 5.41 Å². The number of carbonyl (C=O) groups is 1. The summed E-state index contributed by atoms with van der Waals surface area (Å²) >= 11 is 0. The van der Waals surface area contributed by atoms with Gasteiger partial charge in [-0.05, 0) is 36.4 Å². The van der Waals surface area contributed by atoms with Gasteiger partial charge in [0.2, 0.25) is 5.91 Å². The van der Waals surface area contributed by atoms with Gasteiger partial charge >= 0.3 is 0 Å². The molecule has 1 aromatic rings. The molecule has 94 valence electrons. The first kappa shape index (κ1) is 13.5. The minimum atomic E-state index is -0.244. The van der Waals surface area contributed by atoms with E-state index in [1.165, 1.54) is 25.3 Å². The van der Waals surface area contributed by atoms with Gasteiger partial charge in [-0.3, -0.25) is 4.79 Å². The normalized spacial score (nSPS) is 11.3. The zero-order chi connectivity index (χ0) is 13.4. The van der Waals surface area contributed by atoms with E-state index in [0.717, 1.165) is 6.21 Å². The molecule has 0 spiro atoms. The van der Waals surface area contributed by atoms with Gasteiger partial charge in [0.25, 0.3) is 0 Å². The molecule has 0 aliphatic carbocycles. The largest absolute Gasteiger partial charge is 0.457 e. The van der Waals surface area contributed by atoms with Gasteiger partial charge in [0.1, 0.15) is 11.5 Å². The van der Waals surface area contributed by atoms with E-state index >= 15 is 0 Å². The van der Waals surface area contributed by atoms with E-state index in [-0.39, 0.29) is 5.91 Å². The van der Waals surface area contributed by atoms with Crippen molar-refractivity contribution in [2.75, 3.05) is 12.8 Å². The highest BCUT2D eigenvalue weighted by atomic mass is 16.5. The van der Waals surface area contributed by atoms with Crippen LogP contribution in [0.5, 0.6) is 5.75 Å². The number of nitrogen functional groups attached to an aromatic ring is 1. The van der Waals surface area contributed by atoms with E-state index in [9.17, 15) is 4.79 Å². The van der Waals surface area contributed by atoms with Gasteiger partial charge in [0, 0.05) is 25.0 Å². The Morgan fingerprint density at radius 3 is 2.56 bits per heavy atom. The fourth-order valence-corrected chi connectivity index (χ4v) is 1.12. The SMILES string of the molecule is CNC(=O)/C=C/C(=C\C=N)Oc1ccc(N)cc1. The smallest absolute Gasteiger partial charge is 0.243 e. The number of likely N-dealkylation sites (N-methyl/N-ethyl adjacent to an activating group) is 1. The maximum Gasteiger partial charge on any atom is 0.243 e. The molecule has 0 aromatic heterocycles. The lowest BCUT2D eigenvalue weighted by atomic mass is 10.3. The van der Waals surface area contributed by atoms with Gasteiger partial charge in [-0.2, -0.15) is 0 Å². The van der Waals surface area contributed by atoms with Crippen LogP contribution in [-0.2, 0) is 4.79 Å². The Labute approximate surface area is 105 Å². The Bertz CT molecular complexity index is 476. The van der Waals surface area contributed by atoms with Crippen molar-refractivity contribution in [3.05, 3.63) is 48.3 Å². The molecule has 5 heteroatoms. The summed E-state index contributed by atoms with van der Waals surface area (Å²) in [5.74, 6) is 0.726. The van der Waals surface area contributed by atoms with E-state index in [1.807, 2.05) is 0 Å². The maximum absolute atomic E-state index is 11.1. The van der Waals surface area contributed by atoms with Crippen molar-refractivity contribution in [3.8, 4) is 5.75 Å². The Hall–Kier alpha value is -2.56. The number of hydrogen-bond donors (Lipinski definition) is 3. The minimum Gasteiger partial charge on any atom is -0.457 e. The molecule has 0 aliphatic rings. The summed E-state index contributed by atoms with van der Waals surface area (Å²) in [6, 6.07) is 6.83. The van der Waals surface area contributed by atoms with Crippen LogP contribution in [0.1, 0.15) is 0 Å². The molecule has 0 fully saturated rings. The number of benzene rings is 1. The molecule has 0 unspecified atom stereocenters. The number of ether oxygens (including phenoxy) is 1. The first-order valence-electron chi connectivity index (χ1n) is 5.29. The third-order valence-electron chi connectivity index (χ3n) is 2.01. The summed E-state index contributed by atoms with van der Waals surface area (Å²) in [4.78, 5) is 11.1. The quantitative estimate of drug-likeness (QED) is 0.241. The molecule has 1 amide bonds. The molecule has 0 atom stereocenters. The van der Waals surface area contributed by atoms with Gasteiger partial charge in [-0.15, -0.1) is 0 Å². The number of nitrogens with one attached hydrogen (secondary N) is 2. The molecular weight excluding hydrogens is 230 g/mol. The monoisotopic (exact) mass is 245 g/mol. The van der Waals surface area contributed by atoms with Crippen LogP contribution >= 0.6 is 0 Å². The Morgan fingerprint density at radius 1 is 1.33 bits per heavy atom. The molecule has 4 N–H and O–H groups in total. The summed E-state index contributed by atoms with van der Waals surface area (Å²) in [6.45, 7) is 0. The van der Waals surface area contributed by atoms with Crippen molar-refractivity contribution in [2.24, 2.45) is 0 Å².